The highest BCUT2D eigenvalue weighted by atomic mass is 32.2. The first-order valence-electron chi connectivity index (χ1n) is 8.84. The number of para-hydroxylation sites is 1. The van der Waals surface area contributed by atoms with E-state index in [1.165, 1.54) is 17.2 Å². The van der Waals surface area contributed by atoms with Gasteiger partial charge >= 0.3 is 0 Å². The lowest BCUT2D eigenvalue weighted by Crippen LogP contribution is -2.38. The molecule has 0 aliphatic carbocycles. The Morgan fingerprint density at radius 2 is 1.96 bits per heavy atom. The molecular weight excluding hydrogens is 378 g/mol. The fourth-order valence-electron chi connectivity index (χ4n) is 3.29. The van der Waals surface area contributed by atoms with Crippen LogP contribution in [0, 0.1) is 0 Å². The minimum Gasteiger partial charge on any atom is -0.336 e. The average molecular weight is 397 g/mol. The van der Waals surface area contributed by atoms with Crippen LogP contribution in [0.4, 0.5) is 11.6 Å². The SMILES string of the molecule is CN(C(=O)c1ccnc(Nc2cccc3cccnc23)n1)C1CCS(=O)(=O)C1. The lowest BCUT2D eigenvalue weighted by Gasteiger charge is -2.23. The second-order valence-corrected chi connectivity index (χ2v) is 8.97. The molecule has 1 N–H and O–H groups in total. The summed E-state index contributed by atoms with van der Waals surface area (Å²) < 4.78 is 23.4. The lowest BCUT2D eigenvalue weighted by atomic mass is 10.2. The summed E-state index contributed by atoms with van der Waals surface area (Å²) in [5.74, 6) is 0.0487. The second-order valence-electron chi connectivity index (χ2n) is 6.74. The molecule has 1 atom stereocenters. The average Bonchev–Trinajstić information content (AvgIpc) is 3.07. The van der Waals surface area contributed by atoms with E-state index in [1.807, 2.05) is 30.3 Å². The van der Waals surface area contributed by atoms with Crippen molar-refractivity contribution in [1.82, 2.24) is 19.9 Å². The van der Waals surface area contributed by atoms with Crippen molar-refractivity contribution in [3.63, 3.8) is 0 Å². The van der Waals surface area contributed by atoms with Gasteiger partial charge in [-0.3, -0.25) is 9.78 Å². The molecule has 1 amide bonds. The number of hydrogen-bond acceptors (Lipinski definition) is 7. The number of carbonyl (C=O) groups is 1. The molecule has 2 aromatic heterocycles. The standard InChI is InChI=1S/C19H19N5O3S/c1-24(14-8-11-28(26,27)12-14)18(25)16-7-10-21-19(23-16)22-15-6-2-4-13-5-3-9-20-17(13)15/h2-7,9-10,14H,8,11-12H2,1H3,(H,21,22,23). The van der Waals surface area contributed by atoms with E-state index in [0.29, 0.717) is 6.42 Å². The van der Waals surface area contributed by atoms with Crippen molar-refractivity contribution in [3.8, 4) is 0 Å². The number of aromatic nitrogens is 3. The smallest absolute Gasteiger partial charge is 0.272 e. The van der Waals surface area contributed by atoms with Crippen molar-refractivity contribution < 1.29 is 13.2 Å². The zero-order chi connectivity index (χ0) is 19.7. The Kier molecular flexibility index (Phi) is 4.68. The van der Waals surface area contributed by atoms with Crippen molar-refractivity contribution in [1.29, 1.82) is 0 Å². The first kappa shape index (κ1) is 18.3. The molecule has 28 heavy (non-hydrogen) atoms. The lowest BCUT2D eigenvalue weighted by molar-refractivity contribution is 0.0741. The Morgan fingerprint density at radius 3 is 2.75 bits per heavy atom. The Labute approximate surface area is 162 Å². The summed E-state index contributed by atoms with van der Waals surface area (Å²) in [6.45, 7) is 0. The van der Waals surface area contributed by atoms with Crippen LogP contribution in [0.2, 0.25) is 0 Å². The molecule has 8 nitrogen and oxygen atoms in total. The van der Waals surface area contributed by atoms with E-state index < -0.39 is 9.84 Å². The number of amides is 1. The van der Waals surface area contributed by atoms with Gasteiger partial charge < -0.3 is 10.2 Å². The molecule has 1 aromatic carbocycles. The van der Waals surface area contributed by atoms with Gasteiger partial charge in [0.1, 0.15) is 5.69 Å². The first-order valence-corrected chi connectivity index (χ1v) is 10.7. The van der Waals surface area contributed by atoms with Crippen LogP contribution >= 0.6 is 0 Å². The van der Waals surface area contributed by atoms with Gasteiger partial charge in [0.15, 0.2) is 9.84 Å². The zero-order valence-corrected chi connectivity index (χ0v) is 16.1. The molecule has 0 radical (unpaired) electrons. The molecule has 3 heterocycles. The molecule has 1 unspecified atom stereocenters. The molecule has 0 saturated carbocycles. The molecular formula is C19H19N5O3S. The maximum atomic E-state index is 12.8. The fraction of sp³-hybridized carbons (Fsp3) is 0.263. The monoisotopic (exact) mass is 397 g/mol. The van der Waals surface area contributed by atoms with Gasteiger partial charge in [0, 0.05) is 30.9 Å². The van der Waals surface area contributed by atoms with Crippen LogP contribution in [0.3, 0.4) is 0 Å². The number of fused-ring (bicyclic) bond motifs is 1. The number of hydrogen-bond donors (Lipinski definition) is 1. The summed E-state index contributed by atoms with van der Waals surface area (Å²) in [6, 6.07) is 10.7. The molecule has 9 heteroatoms. The number of anilines is 2. The Morgan fingerprint density at radius 1 is 1.14 bits per heavy atom. The molecule has 4 rings (SSSR count). The van der Waals surface area contributed by atoms with Crippen LogP contribution in [-0.2, 0) is 9.84 Å². The molecule has 0 spiro atoms. The van der Waals surface area contributed by atoms with Crippen LogP contribution in [0.1, 0.15) is 16.9 Å². The Balaban J connectivity index is 1.57. The third-order valence-corrected chi connectivity index (χ3v) is 6.58. The molecule has 1 aliphatic rings. The van der Waals surface area contributed by atoms with Gasteiger partial charge in [0.25, 0.3) is 5.91 Å². The van der Waals surface area contributed by atoms with Crippen LogP contribution < -0.4 is 5.32 Å². The molecule has 0 bridgehead atoms. The summed E-state index contributed by atoms with van der Waals surface area (Å²) in [7, 11) is -1.46. The zero-order valence-electron chi connectivity index (χ0n) is 15.2. The number of rotatable bonds is 4. The normalized spacial score (nSPS) is 18.1. The van der Waals surface area contributed by atoms with Crippen molar-refractivity contribution in [2.45, 2.75) is 12.5 Å². The molecule has 144 valence electrons. The van der Waals surface area contributed by atoms with E-state index in [4.69, 9.17) is 0 Å². The summed E-state index contributed by atoms with van der Waals surface area (Å²) in [4.78, 5) is 27.1. The van der Waals surface area contributed by atoms with E-state index in [2.05, 4.69) is 20.3 Å². The van der Waals surface area contributed by atoms with E-state index in [0.717, 1.165) is 16.6 Å². The van der Waals surface area contributed by atoms with Crippen molar-refractivity contribution in [2.24, 2.45) is 0 Å². The van der Waals surface area contributed by atoms with Crippen LogP contribution in [0.15, 0.2) is 48.8 Å². The van der Waals surface area contributed by atoms with E-state index in [-0.39, 0.29) is 35.1 Å². The highest BCUT2D eigenvalue weighted by molar-refractivity contribution is 7.91. The Hall–Kier alpha value is -3.07. The number of nitrogens with one attached hydrogen (secondary N) is 1. The van der Waals surface area contributed by atoms with Crippen molar-refractivity contribution in [2.75, 3.05) is 23.9 Å². The number of sulfone groups is 1. The largest absolute Gasteiger partial charge is 0.336 e. The third kappa shape index (κ3) is 3.65. The maximum Gasteiger partial charge on any atom is 0.272 e. The van der Waals surface area contributed by atoms with Gasteiger partial charge in [0.2, 0.25) is 5.95 Å². The number of nitrogens with zero attached hydrogens (tertiary/aromatic N) is 4. The van der Waals surface area contributed by atoms with E-state index >= 15 is 0 Å². The van der Waals surface area contributed by atoms with Crippen LogP contribution in [0.5, 0.6) is 0 Å². The molecule has 1 fully saturated rings. The van der Waals surface area contributed by atoms with Crippen LogP contribution in [0.25, 0.3) is 10.9 Å². The van der Waals surface area contributed by atoms with Gasteiger partial charge in [-0.25, -0.2) is 18.4 Å². The summed E-state index contributed by atoms with van der Waals surface area (Å²) in [6.07, 6.45) is 3.65. The second kappa shape index (κ2) is 7.16. The van der Waals surface area contributed by atoms with Crippen molar-refractivity contribution in [3.05, 3.63) is 54.5 Å². The fourth-order valence-corrected chi connectivity index (χ4v) is 5.07. The van der Waals surface area contributed by atoms with Crippen LogP contribution in [-0.4, -0.2) is 58.8 Å². The third-order valence-electron chi connectivity index (χ3n) is 4.83. The molecule has 1 aliphatic heterocycles. The van der Waals surface area contributed by atoms with E-state index in [9.17, 15) is 13.2 Å². The topological polar surface area (TPSA) is 105 Å². The Bertz CT molecular complexity index is 1140. The molecule has 3 aromatic rings. The summed E-state index contributed by atoms with van der Waals surface area (Å²) in [5, 5.41) is 4.09. The summed E-state index contributed by atoms with van der Waals surface area (Å²) in [5.41, 5.74) is 1.72. The quantitative estimate of drug-likeness (QED) is 0.718. The highest BCUT2D eigenvalue weighted by Crippen LogP contribution is 2.23. The predicted octanol–water partition coefficient (Wildman–Crippen LogP) is 2.03. The van der Waals surface area contributed by atoms with Gasteiger partial charge in [-0.05, 0) is 24.6 Å². The predicted molar refractivity (Wildman–Crippen MR) is 106 cm³/mol. The van der Waals surface area contributed by atoms with Gasteiger partial charge in [-0.15, -0.1) is 0 Å². The van der Waals surface area contributed by atoms with Gasteiger partial charge in [-0.1, -0.05) is 18.2 Å². The number of benzene rings is 1. The number of carbonyl (C=O) groups excluding carboxylic acids is 1. The van der Waals surface area contributed by atoms with Crippen molar-refractivity contribution >= 4 is 38.3 Å². The van der Waals surface area contributed by atoms with Gasteiger partial charge in [0.05, 0.1) is 22.7 Å². The van der Waals surface area contributed by atoms with Gasteiger partial charge in [-0.2, -0.15) is 0 Å². The minimum atomic E-state index is -3.07. The number of pyridine rings is 1. The molecule has 1 saturated heterocycles. The summed E-state index contributed by atoms with van der Waals surface area (Å²) >= 11 is 0. The maximum absolute atomic E-state index is 12.8. The first-order chi connectivity index (χ1) is 13.4. The highest BCUT2D eigenvalue weighted by Gasteiger charge is 2.33. The minimum absolute atomic E-state index is 0.00684. The van der Waals surface area contributed by atoms with E-state index in [1.54, 1.807) is 13.2 Å².